The van der Waals surface area contributed by atoms with E-state index in [-0.39, 0.29) is 22.8 Å². The molecule has 8 nitrogen and oxygen atoms in total. The number of hydrogen-bond acceptors (Lipinski definition) is 8. The lowest BCUT2D eigenvalue weighted by atomic mass is 10.1. The van der Waals surface area contributed by atoms with Gasteiger partial charge in [-0.1, -0.05) is 35.6 Å². The van der Waals surface area contributed by atoms with Crippen molar-refractivity contribution in [2.24, 2.45) is 4.99 Å². The van der Waals surface area contributed by atoms with E-state index >= 15 is 0 Å². The largest absolute Gasteiger partial charge is 0.465 e. The number of carbonyl (C=O) groups is 2. The van der Waals surface area contributed by atoms with Gasteiger partial charge in [-0.05, 0) is 48.7 Å². The maximum absolute atomic E-state index is 13.6. The molecule has 0 aliphatic heterocycles. The van der Waals surface area contributed by atoms with E-state index < -0.39 is 21.7 Å². The van der Waals surface area contributed by atoms with Crippen LogP contribution in [0.15, 0.2) is 75.9 Å². The predicted molar refractivity (Wildman–Crippen MR) is 145 cm³/mol. The van der Waals surface area contributed by atoms with Gasteiger partial charge in [0.15, 0.2) is 14.6 Å². The number of thiophene rings is 1. The van der Waals surface area contributed by atoms with Gasteiger partial charge in [-0.2, -0.15) is 4.99 Å². The maximum atomic E-state index is 13.6. The van der Waals surface area contributed by atoms with Gasteiger partial charge in [0.05, 0.1) is 43.4 Å². The molecule has 3 heterocycles. The zero-order valence-corrected chi connectivity index (χ0v) is 22.3. The number of thiazole rings is 1. The number of amides is 1. The van der Waals surface area contributed by atoms with Crippen LogP contribution in [0, 0.1) is 0 Å². The topological polar surface area (TPSA) is 108 Å². The van der Waals surface area contributed by atoms with Crippen molar-refractivity contribution in [2.45, 2.75) is 18.4 Å². The standard InChI is InChI=1S/C26H21N3O5S3/c1-3-34-24(30)15-29-21-11-10-16(37(2,32)33)13-23(21)36-26(29)28-25(31)18-14-20(22-9-6-12-35-22)27-19-8-5-4-7-17(18)19/h4-14H,3,15H2,1-2H3. The fourth-order valence-electron chi connectivity index (χ4n) is 3.91. The fraction of sp³-hybridized carbons (Fsp3) is 0.154. The first kappa shape index (κ1) is 25.0. The molecule has 1 amide bonds. The van der Waals surface area contributed by atoms with Gasteiger partial charge in [0.2, 0.25) is 0 Å². The molecule has 0 saturated heterocycles. The second kappa shape index (κ2) is 10.0. The molecule has 188 valence electrons. The fourth-order valence-corrected chi connectivity index (χ4v) is 6.38. The van der Waals surface area contributed by atoms with Crippen LogP contribution in [-0.2, 0) is 25.9 Å². The molecule has 0 saturated carbocycles. The number of nitrogens with zero attached hydrogens (tertiary/aromatic N) is 3. The monoisotopic (exact) mass is 551 g/mol. The molecule has 0 fully saturated rings. The Morgan fingerprint density at radius 1 is 1.08 bits per heavy atom. The maximum Gasteiger partial charge on any atom is 0.326 e. The first-order chi connectivity index (χ1) is 17.7. The predicted octanol–water partition coefficient (Wildman–Crippen LogP) is 4.69. The lowest BCUT2D eigenvalue weighted by Crippen LogP contribution is -2.23. The number of pyridine rings is 1. The Hall–Kier alpha value is -3.67. The molecule has 0 spiro atoms. The van der Waals surface area contributed by atoms with E-state index in [0.717, 1.165) is 22.5 Å². The van der Waals surface area contributed by atoms with E-state index in [1.807, 2.05) is 41.8 Å². The first-order valence-electron chi connectivity index (χ1n) is 11.3. The Balaban J connectivity index is 1.70. The molecule has 11 heteroatoms. The van der Waals surface area contributed by atoms with Crippen LogP contribution < -0.4 is 4.80 Å². The number of aromatic nitrogens is 2. The highest BCUT2D eigenvalue weighted by atomic mass is 32.2. The van der Waals surface area contributed by atoms with Gasteiger partial charge in [-0.25, -0.2) is 13.4 Å². The van der Waals surface area contributed by atoms with Crippen LogP contribution in [-0.4, -0.2) is 42.7 Å². The summed E-state index contributed by atoms with van der Waals surface area (Å²) >= 11 is 2.66. The van der Waals surface area contributed by atoms with E-state index in [0.29, 0.717) is 32.4 Å². The summed E-state index contributed by atoms with van der Waals surface area (Å²) in [6.07, 6.45) is 1.13. The van der Waals surface area contributed by atoms with Gasteiger partial charge >= 0.3 is 5.97 Å². The minimum Gasteiger partial charge on any atom is -0.465 e. The number of esters is 1. The second-order valence-electron chi connectivity index (χ2n) is 8.14. The molecule has 0 bridgehead atoms. The second-order valence-corrected chi connectivity index (χ2v) is 12.1. The third-order valence-electron chi connectivity index (χ3n) is 5.59. The van der Waals surface area contributed by atoms with Crippen LogP contribution in [0.2, 0.25) is 0 Å². The number of para-hydroxylation sites is 1. The van der Waals surface area contributed by atoms with Gasteiger partial charge in [0.1, 0.15) is 6.54 Å². The summed E-state index contributed by atoms with van der Waals surface area (Å²) in [6, 6.07) is 17.5. The van der Waals surface area contributed by atoms with Gasteiger partial charge in [0.25, 0.3) is 5.91 Å². The van der Waals surface area contributed by atoms with E-state index in [9.17, 15) is 18.0 Å². The van der Waals surface area contributed by atoms with Crippen molar-refractivity contribution in [1.29, 1.82) is 0 Å². The first-order valence-corrected chi connectivity index (χ1v) is 14.8. The third kappa shape index (κ3) is 5.10. The molecule has 3 aromatic heterocycles. The van der Waals surface area contributed by atoms with E-state index in [4.69, 9.17) is 9.72 Å². The summed E-state index contributed by atoms with van der Waals surface area (Å²) in [5.41, 5.74) is 2.29. The van der Waals surface area contributed by atoms with Gasteiger partial charge < -0.3 is 9.30 Å². The highest BCUT2D eigenvalue weighted by Crippen LogP contribution is 2.28. The molecule has 5 aromatic rings. The average Bonchev–Trinajstić information content (AvgIpc) is 3.51. The minimum absolute atomic E-state index is 0.142. The highest BCUT2D eigenvalue weighted by Gasteiger charge is 2.18. The molecule has 2 aromatic carbocycles. The SMILES string of the molecule is CCOC(=O)Cn1c(=NC(=O)c2cc(-c3cccs3)nc3ccccc23)sc2cc(S(C)(=O)=O)ccc21. The Labute approximate surface area is 220 Å². The summed E-state index contributed by atoms with van der Waals surface area (Å²) in [6.45, 7) is 1.75. The molecule has 0 aliphatic carbocycles. The molecule has 0 atom stereocenters. The van der Waals surface area contributed by atoms with Crippen LogP contribution in [0.1, 0.15) is 17.3 Å². The average molecular weight is 552 g/mol. The van der Waals surface area contributed by atoms with E-state index in [1.165, 1.54) is 23.5 Å². The summed E-state index contributed by atoms with van der Waals surface area (Å²) in [5.74, 6) is -0.985. The molecular formula is C26H21N3O5S3. The number of fused-ring (bicyclic) bond motifs is 2. The number of carbonyl (C=O) groups excluding carboxylic acids is 2. The van der Waals surface area contributed by atoms with Crippen molar-refractivity contribution in [2.75, 3.05) is 12.9 Å². The summed E-state index contributed by atoms with van der Waals surface area (Å²) < 4.78 is 31.5. The molecule has 5 rings (SSSR count). The number of ether oxygens (including phenoxy) is 1. The summed E-state index contributed by atoms with van der Waals surface area (Å²) in [5, 5.41) is 2.60. The normalized spacial score (nSPS) is 12.3. The molecular weight excluding hydrogens is 531 g/mol. The third-order valence-corrected chi connectivity index (χ3v) is 8.64. The smallest absolute Gasteiger partial charge is 0.326 e. The zero-order valence-electron chi connectivity index (χ0n) is 19.9. The lowest BCUT2D eigenvalue weighted by molar-refractivity contribution is -0.143. The zero-order chi connectivity index (χ0) is 26.2. The Morgan fingerprint density at radius 2 is 1.89 bits per heavy atom. The Morgan fingerprint density at radius 3 is 2.62 bits per heavy atom. The van der Waals surface area contributed by atoms with Crippen molar-refractivity contribution in [3.05, 3.63) is 76.4 Å². The Kier molecular flexibility index (Phi) is 6.76. The molecule has 0 aliphatic rings. The summed E-state index contributed by atoms with van der Waals surface area (Å²) in [4.78, 5) is 36.4. The van der Waals surface area contributed by atoms with Crippen molar-refractivity contribution < 1.29 is 22.7 Å². The minimum atomic E-state index is -3.44. The van der Waals surface area contributed by atoms with Crippen LogP contribution >= 0.6 is 22.7 Å². The highest BCUT2D eigenvalue weighted by molar-refractivity contribution is 7.90. The Bertz CT molecular complexity index is 1830. The number of benzene rings is 2. The van der Waals surface area contributed by atoms with Crippen LogP contribution in [0.3, 0.4) is 0 Å². The van der Waals surface area contributed by atoms with Crippen molar-refractivity contribution in [1.82, 2.24) is 9.55 Å². The number of sulfone groups is 1. The van der Waals surface area contributed by atoms with Crippen LogP contribution in [0.4, 0.5) is 0 Å². The van der Waals surface area contributed by atoms with Crippen LogP contribution in [0.25, 0.3) is 31.7 Å². The van der Waals surface area contributed by atoms with Gasteiger partial charge in [-0.15, -0.1) is 11.3 Å². The quantitative estimate of drug-likeness (QED) is 0.284. The van der Waals surface area contributed by atoms with Crippen LogP contribution in [0.5, 0.6) is 0 Å². The van der Waals surface area contributed by atoms with Crippen molar-refractivity contribution in [3.63, 3.8) is 0 Å². The van der Waals surface area contributed by atoms with Crippen molar-refractivity contribution >= 4 is 65.5 Å². The van der Waals surface area contributed by atoms with Gasteiger partial charge in [-0.3, -0.25) is 9.59 Å². The van der Waals surface area contributed by atoms with Gasteiger partial charge in [0, 0.05) is 11.6 Å². The van der Waals surface area contributed by atoms with E-state index in [2.05, 4.69) is 4.99 Å². The molecule has 0 unspecified atom stereocenters. The van der Waals surface area contributed by atoms with Crippen molar-refractivity contribution in [3.8, 4) is 10.6 Å². The molecule has 37 heavy (non-hydrogen) atoms. The summed E-state index contributed by atoms with van der Waals surface area (Å²) in [7, 11) is -3.44. The molecule has 0 N–H and O–H groups in total. The van der Waals surface area contributed by atoms with E-state index in [1.54, 1.807) is 23.6 Å². The number of rotatable bonds is 6. The lowest BCUT2D eigenvalue weighted by Gasteiger charge is -2.07. The number of hydrogen-bond donors (Lipinski definition) is 0. The molecule has 0 radical (unpaired) electrons.